The maximum atomic E-state index is 9.57. The Kier molecular flexibility index (Phi) is 3.08. The van der Waals surface area contributed by atoms with Gasteiger partial charge in [-0.2, -0.15) is 0 Å². The number of nitrogens with zero attached hydrogens (tertiary/aromatic N) is 1. The Morgan fingerprint density at radius 2 is 2.20 bits per heavy atom. The minimum Gasteiger partial charge on any atom is -0.440 e. The molecule has 0 bridgehead atoms. The van der Waals surface area contributed by atoms with E-state index in [0.29, 0.717) is 5.22 Å². The fraction of sp³-hybridized carbons (Fsp3) is 0.182. The summed E-state index contributed by atoms with van der Waals surface area (Å²) in [5, 5.41) is 10.2. The minimum atomic E-state index is -0.483. The van der Waals surface area contributed by atoms with E-state index >= 15 is 0 Å². The molecule has 0 fully saturated rings. The van der Waals surface area contributed by atoms with Crippen molar-refractivity contribution in [2.24, 2.45) is 0 Å². The quantitative estimate of drug-likeness (QED) is 0.865. The molecule has 0 aliphatic rings. The number of aromatic nitrogens is 1. The summed E-state index contributed by atoms with van der Waals surface area (Å²) in [6.45, 7) is 1.74. The average Bonchev–Trinajstić information content (AvgIpc) is 2.71. The third-order valence-electron chi connectivity index (χ3n) is 1.98. The molecule has 0 aliphatic heterocycles. The Bertz CT molecular complexity index is 426. The van der Waals surface area contributed by atoms with E-state index < -0.39 is 6.10 Å². The monoisotopic (exact) mass is 221 g/mol. The molecule has 0 aliphatic carbocycles. The smallest absolute Gasteiger partial charge is 0.260 e. The second-order valence-corrected chi connectivity index (χ2v) is 4.11. The Balaban J connectivity index is 2.28. The van der Waals surface area contributed by atoms with Gasteiger partial charge in [0.05, 0.1) is 12.3 Å². The molecule has 1 heterocycles. The number of aliphatic hydroxyl groups is 1. The molecule has 1 N–H and O–H groups in total. The van der Waals surface area contributed by atoms with Gasteiger partial charge in [-0.3, -0.25) is 0 Å². The highest BCUT2D eigenvalue weighted by Gasteiger charge is 2.10. The molecule has 15 heavy (non-hydrogen) atoms. The van der Waals surface area contributed by atoms with Crippen molar-refractivity contribution in [3.8, 4) is 0 Å². The van der Waals surface area contributed by atoms with Crippen LogP contribution in [0.5, 0.6) is 0 Å². The molecule has 1 aromatic heterocycles. The van der Waals surface area contributed by atoms with Gasteiger partial charge in [0.25, 0.3) is 5.22 Å². The number of hydrogen-bond acceptors (Lipinski definition) is 4. The van der Waals surface area contributed by atoms with Gasteiger partial charge in [-0.15, -0.1) is 0 Å². The summed E-state index contributed by atoms with van der Waals surface area (Å²) in [6.07, 6.45) is 2.66. The highest BCUT2D eigenvalue weighted by atomic mass is 32.2. The summed E-state index contributed by atoms with van der Waals surface area (Å²) in [5.74, 6) is 0. The Labute approximate surface area is 92.1 Å². The highest BCUT2D eigenvalue weighted by molar-refractivity contribution is 7.99. The Hall–Kier alpha value is -1.26. The first-order valence-electron chi connectivity index (χ1n) is 4.61. The van der Waals surface area contributed by atoms with Gasteiger partial charge < -0.3 is 9.52 Å². The normalized spacial score (nSPS) is 12.7. The highest BCUT2D eigenvalue weighted by Crippen LogP contribution is 2.31. The molecular weight excluding hydrogens is 210 g/mol. The molecule has 2 aromatic rings. The van der Waals surface area contributed by atoms with Crippen molar-refractivity contribution < 1.29 is 9.52 Å². The molecule has 0 spiro atoms. The zero-order valence-electron chi connectivity index (χ0n) is 8.25. The van der Waals surface area contributed by atoms with Gasteiger partial charge in [0.1, 0.15) is 6.26 Å². The van der Waals surface area contributed by atoms with E-state index in [1.165, 1.54) is 18.0 Å². The fourth-order valence-electron chi connectivity index (χ4n) is 1.27. The lowest BCUT2D eigenvalue weighted by molar-refractivity contribution is 0.196. The van der Waals surface area contributed by atoms with E-state index in [1.807, 2.05) is 24.3 Å². The largest absolute Gasteiger partial charge is 0.440 e. The molecule has 0 saturated carbocycles. The first-order valence-corrected chi connectivity index (χ1v) is 5.43. The standard InChI is InChI=1S/C11H11NO2S/c1-8(13)9-4-2-3-5-10(9)15-11-12-6-7-14-11/h2-8,13H,1H3/t8-/m1/s1. The van der Waals surface area contributed by atoms with Gasteiger partial charge in [-0.1, -0.05) is 18.2 Å². The number of oxazole rings is 1. The van der Waals surface area contributed by atoms with E-state index in [9.17, 15) is 5.11 Å². The molecule has 78 valence electrons. The topological polar surface area (TPSA) is 46.3 Å². The van der Waals surface area contributed by atoms with Crippen LogP contribution in [0.2, 0.25) is 0 Å². The van der Waals surface area contributed by atoms with Crippen molar-refractivity contribution in [1.82, 2.24) is 4.98 Å². The van der Waals surface area contributed by atoms with Crippen LogP contribution in [0.4, 0.5) is 0 Å². The van der Waals surface area contributed by atoms with E-state index in [2.05, 4.69) is 4.98 Å². The van der Waals surface area contributed by atoms with Gasteiger partial charge in [-0.05, 0) is 30.3 Å². The Morgan fingerprint density at radius 1 is 1.40 bits per heavy atom. The lowest BCUT2D eigenvalue weighted by atomic mass is 10.1. The number of aliphatic hydroxyl groups excluding tert-OH is 1. The first kappa shape index (κ1) is 10.3. The molecule has 1 aromatic carbocycles. The van der Waals surface area contributed by atoms with Crippen molar-refractivity contribution in [2.75, 3.05) is 0 Å². The predicted molar refractivity (Wildman–Crippen MR) is 57.7 cm³/mol. The van der Waals surface area contributed by atoms with Gasteiger partial charge in [-0.25, -0.2) is 4.98 Å². The second kappa shape index (κ2) is 4.51. The van der Waals surface area contributed by atoms with Crippen LogP contribution in [-0.2, 0) is 0 Å². The molecule has 2 rings (SSSR count). The molecule has 0 saturated heterocycles. The van der Waals surface area contributed by atoms with Crippen molar-refractivity contribution in [2.45, 2.75) is 23.1 Å². The fourth-order valence-corrected chi connectivity index (χ4v) is 2.18. The lowest BCUT2D eigenvalue weighted by Gasteiger charge is -2.09. The third kappa shape index (κ3) is 2.40. The number of hydrogen-bond donors (Lipinski definition) is 1. The average molecular weight is 221 g/mol. The van der Waals surface area contributed by atoms with Crippen LogP contribution in [0.15, 0.2) is 51.3 Å². The van der Waals surface area contributed by atoms with Gasteiger partial charge in [0.2, 0.25) is 0 Å². The molecule has 4 heteroatoms. The molecule has 3 nitrogen and oxygen atoms in total. The van der Waals surface area contributed by atoms with E-state index in [4.69, 9.17) is 4.42 Å². The van der Waals surface area contributed by atoms with E-state index in [0.717, 1.165) is 10.5 Å². The summed E-state index contributed by atoms with van der Waals surface area (Å²) < 4.78 is 5.14. The van der Waals surface area contributed by atoms with E-state index in [1.54, 1.807) is 13.1 Å². The molecule has 0 unspecified atom stereocenters. The van der Waals surface area contributed by atoms with Gasteiger partial charge in [0, 0.05) is 4.90 Å². The van der Waals surface area contributed by atoms with Crippen molar-refractivity contribution in [3.05, 3.63) is 42.3 Å². The van der Waals surface area contributed by atoms with Crippen molar-refractivity contribution >= 4 is 11.8 Å². The summed E-state index contributed by atoms with van der Waals surface area (Å²) >= 11 is 1.41. The first-order chi connectivity index (χ1) is 7.27. The van der Waals surface area contributed by atoms with Crippen molar-refractivity contribution in [1.29, 1.82) is 0 Å². The molecule has 1 atom stereocenters. The van der Waals surface area contributed by atoms with Crippen LogP contribution >= 0.6 is 11.8 Å². The second-order valence-electron chi connectivity index (χ2n) is 3.11. The van der Waals surface area contributed by atoms with Crippen LogP contribution in [0.3, 0.4) is 0 Å². The summed E-state index contributed by atoms with van der Waals surface area (Å²) in [4.78, 5) is 4.99. The zero-order chi connectivity index (χ0) is 10.7. The SMILES string of the molecule is C[C@@H](O)c1ccccc1Sc1ncco1. The maximum absolute atomic E-state index is 9.57. The lowest BCUT2D eigenvalue weighted by Crippen LogP contribution is -1.93. The number of rotatable bonds is 3. The van der Waals surface area contributed by atoms with Gasteiger partial charge >= 0.3 is 0 Å². The zero-order valence-corrected chi connectivity index (χ0v) is 9.07. The van der Waals surface area contributed by atoms with Crippen LogP contribution in [0.25, 0.3) is 0 Å². The van der Waals surface area contributed by atoms with Crippen LogP contribution in [-0.4, -0.2) is 10.1 Å². The summed E-state index contributed by atoms with van der Waals surface area (Å²) in [5.41, 5.74) is 0.890. The minimum absolute atomic E-state index is 0.483. The van der Waals surface area contributed by atoms with Crippen LogP contribution in [0.1, 0.15) is 18.6 Å². The van der Waals surface area contributed by atoms with Crippen molar-refractivity contribution in [3.63, 3.8) is 0 Å². The number of benzene rings is 1. The third-order valence-corrected chi connectivity index (χ3v) is 2.94. The molecule has 0 amide bonds. The Morgan fingerprint density at radius 3 is 2.87 bits per heavy atom. The summed E-state index contributed by atoms with van der Waals surface area (Å²) in [6, 6.07) is 7.67. The predicted octanol–water partition coefficient (Wildman–Crippen LogP) is 2.88. The summed E-state index contributed by atoms with van der Waals surface area (Å²) in [7, 11) is 0. The van der Waals surface area contributed by atoms with E-state index in [-0.39, 0.29) is 0 Å². The van der Waals surface area contributed by atoms with Crippen LogP contribution < -0.4 is 0 Å². The van der Waals surface area contributed by atoms with Gasteiger partial charge in [0.15, 0.2) is 0 Å². The van der Waals surface area contributed by atoms with Crippen LogP contribution in [0, 0.1) is 0 Å². The maximum Gasteiger partial charge on any atom is 0.260 e. The molecular formula is C11H11NO2S. The molecule has 0 radical (unpaired) electrons.